The van der Waals surface area contributed by atoms with E-state index < -0.39 is 11.7 Å². The van der Waals surface area contributed by atoms with Crippen molar-refractivity contribution >= 4 is 55.0 Å². The maximum absolute atomic E-state index is 15.0. The third-order valence-electron chi connectivity index (χ3n) is 11.0. The molecule has 0 bridgehead atoms. The number of alkyl halides is 3. The zero-order valence-corrected chi connectivity index (χ0v) is 33.6. The van der Waals surface area contributed by atoms with Crippen LogP contribution < -0.4 is 0 Å². The lowest BCUT2D eigenvalue weighted by Gasteiger charge is -2.22. The fourth-order valence-corrected chi connectivity index (χ4v) is 8.60. The molecule has 0 atom stereocenters. The molecule has 0 aliphatic heterocycles. The summed E-state index contributed by atoms with van der Waals surface area (Å²) in [6.07, 6.45) is -4.83. The van der Waals surface area contributed by atoms with E-state index in [-0.39, 0.29) is 22.5 Å². The van der Waals surface area contributed by atoms with Crippen LogP contribution in [-0.2, 0) is 6.18 Å². The largest absolute Gasteiger partial charge is 0.415 e. The van der Waals surface area contributed by atoms with Crippen LogP contribution in [0.2, 0.25) is 0 Å². The summed E-state index contributed by atoms with van der Waals surface area (Å²) in [6, 6.07) is 34.3. The zero-order valence-electron chi connectivity index (χ0n) is 33.6. The van der Waals surface area contributed by atoms with Gasteiger partial charge in [0.05, 0.1) is 52.1 Å². The molecule has 4 heterocycles. The Bertz CT molecular complexity index is 3570. The van der Waals surface area contributed by atoms with E-state index >= 15 is 0 Å². The van der Waals surface area contributed by atoms with Gasteiger partial charge in [-0.1, -0.05) is 78.9 Å². The molecule has 0 aliphatic rings. The molecular weight excluding hydrogens is 786 g/mol. The van der Waals surface area contributed by atoms with Crippen LogP contribution in [0.5, 0.6) is 0 Å². The Morgan fingerprint density at radius 1 is 0.468 bits per heavy atom. The van der Waals surface area contributed by atoms with Gasteiger partial charge in [-0.05, 0) is 75.2 Å². The molecule has 10 nitrogen and oxygen atoms in total. The molecule has 10 aromatic rings. The minimum atomic E-state index is -4.83. The van der Waals surface area contributed by atoms with Gasteiger partial charge in [0.25, 0.3) is 0 Å². The van der Waals surface area contributed by atoms with Crippen LogP contribution >= 0.6 is 0 Å². The summed E-state index contributed by atoms with van der Waals surface area (Å²) >= 11 is 0. The highest BCUT2D eigenvalue weighted by molar-refractivity contribution is 6.13. The summed E-state index contributed by atoms with van der Waals surface area (Å²) in [4.78, 5) is 34.8. The number of aryl methyl sites for hydroxylation is 4. The molecule has 10 rings (SSSR count). The molecule has 0 fully saturated rings. The molecule has 0 spiro atoms. The van der Waals surface area contributed by atoms with E-state index in [9.17, 15) is 13.2 Å². The maximum Gasteiger partial charge on any atom is 0.415 e. The van der Waals surface area contributed by atoms with Crippen molar-refractivity contribution in [1.29, 1.82) is 0 Å². The summed E-state index contributed by atoms with van der Waals surface area (Å²) in [5, 5.41) is 3.57. The fourth-order valence-electron chi connectivity index (χ4n) is 8.60. The highest BCUT2D eigenvalue weighted by Crippen LogP contribution is 2.49. The first-order chi connectivity index (χ1) is 29.9. The Labute approximate surface area is 352 Å². The maximum atomic E-state index is 15.0. The van der Waals surface area contributed by atoms with Crippen LogP contribution in [0.3, 0.4) is 0 Å². The first kappa shape index (κ1) is 37.9. The predicted molar refractivity (Wildman–Crippen MR) is 235 cm³/mol. The van der Waals surface area contributed by atoms with Crippen molar-refractivity contribution in [2.75, 3.05) is 0 Å². The second kappa shape index (κ2) is 14.2. The average molecular weight is 817 g/mol. The summed E-state index contributed by atoms with van der Waals surface area (Å²) in [7, 11) is 0. The van der Waals surface area contributed by atoms with E-state index in [2.05, 4.69) is 39.6 Å². The number of rotatable bonds is 5. The number of para-hydroxylation sites is 2. The Morgan fingerprint density at radius 3 is 1.39 bits per heavy atom. The highest BCUT2D eigenvalue weighted by atomic mass is 19.4. The summed E-state index contributed by atoms with van der Waals surface area (Å²) in [5.41, 5.74) is 3.75. The van der Waals surface area contributed by atoms with E-state index in [1.54, 1.807) is 26.0 Å². The van der Waals surface area contributed by atoms with Gasteiger partial charge >= 0.3 is 6.18 Å². The van der Waals surface area contributed by atoms with Crippen LogP contribution in [0.15, 0.2) is 115 Å². The van der Waals surface area contributed by atoms with Gasteiger partial charge in [0.15, 0.2) is 23.0 Å². The first-order valence-corrected chi connectivity index (χ1v) is 19.5. The lowest BCUT2D eigenvalue weighted by molar-refractivity contribution is -0.137. The summed E-state index contributed by atoms with van der Waals surface area (Å²) in [5.74, 6) is 3.21. The molecule has 0 aliphatic carbocycles. The Morgan fingerprint density at radius 2 is 0.919 bits per heavy atom. The first-order valence-electron chi connectivity index (χ1n) is 19.5. The van der Waals surface area contributed by atoms with Crippen molar-refractivity contribution in [3.05, 3.63) is 167 Å². The predicted octanol–water partition coefficient (Wildman–Crippen LogP) is 12.6. The summed E-state index contributed by atoms with van der Waals surface area (Å²) < 4.78 is 49.0. The Hall–Kier alpha value is -8.29. The molecule has 4 aromatic heterocycles. The quantitative estimate of drug-likeness (QED) is 0.161. The molecule has 0 radical (unpaired) electrons. The van der Waals surface area contributed by atoms with Crippen LogP contribution in [-0.4, -0.2) is 39.0 Å². The van der Waals surface area contributed by atoms with E-state index in [0.29, 0.717) is 57.4 Å². The van der Waals surface area contributed by atoms with Gasteiger partial charge in [-0.15, -0.1) is 0 Å². The second-order valence-corrected chi connectivity index (χ2v) is 15.0. The monoisotopic (exact) mass is 816 g/mol. The van der Waals surface area contributed by atoms with Crippen molar-refractivity contribution in [2.24, 2.45) is 0 Å². The molecule has 13 heteroatoms. The van der Waals surface area contributed by atoms with Gasteiger partial charge in [-0.25, -0.2) is 39.6 Å². The molecule has 6 aromatic carbocycles. The fraction of sp³-hybridized carbons (Fsp3) is 0.102. The van der Waals surface area contributed by atoms with E-state index in [4.69, 9.17) is 13.1 Å². The lowest BCUT2D eigenvalue weighted by atomic mass is 9.94. The van der Waals surface area contributed by atoms with Gasteiger partial charge in [-0.2, -0.15) is 13.2 Å². The molecule has 0 N–H and O–H groups in total. The zero-order chi connectivity index (χ0) is 43.0. The van der Waals surface area contributed by atoms with Crippen molar-refractivity contribution in [1.82, 2.24) is 39.0 Å². The van der Waals surface area contributed by atoms with Crippen molar-refractivity contribution in [2.45, 2.75) is 33.9 Å². The molecule has 0 saturated heterocycles. The molecular formula is C49H31F3N10. The average Bonchev–Trinajstić information content (AvgIpc) is 3.76. The van der Waals surface area contributed by atoms with Crippen molar-refractivity contribution in [3.8, 4) is 45.3 Å². The minimum absolute atomic E-state index is 0.0268. The van der Waals surface area contributed by atoms with Gasteiger partial charge < -0.3 is 9.13 Å². The highest BCUT2D eigenvalue weighted by Gasteiger charge is 2.36. The third kappa shape index (κ3) is 6.09. The number of nitrogens with zero attached hydrogens (tertiary/aromatic N) is 10. The summed E-state index contributed by atoms with van der Waals surface area (Å²) in [6.45, 7) is 23.7. The molecule has 0 unspecified atom stereocenters. The van der Waals surface area contributed by atoms with E-state index in [0.717, 1.165) is 49.7 Å². The van der Waals surface area contributed by atoms with Crippen LogP contribution in [0, 0.1) is 40.8 Å². The van der Waals surface area contributed by atoms with Gasteiger partial charge in [0.1, 0.15) is 23.3 Å². The van der Waals surface area contributed by atoms with E-state index in [1.165, 1.54) is 12.1 Å². The Kier molecular flexibility index (Phi) is 8.68. The topological polar surface area (TPSA) is 95.9 Å². The SMILES string of the molecule is [C-]#[N+]c1cc(-n2c3ccccc3c3ccc(-c4nc(C)nc(C)n4)cc32)c(-n2c3ccccc3c3ccc(-c4nc(C)nc(C)n4)cc32)cc1-c1c([N+]#[C-])cccc1C(F)(F)F. The number of benzene rings is 6. The number of aromatic nitrogens is 8. The molecule has 0 saturated carbocycles. The van der Waals surface area contributed by atoms with Gasteiger partial charge in [0.2, 0.25) is 0 Å². The number of fused-ring (bicyclic) bond motifs is 6. The van der Waals surface area contributed by atoms with Crippen LogP contribution in [0.1, 0.15) is 28.9 Å². The lowest BCUT2D eigenvalue weighted by Crippen LogP contribution is -2.08. The van der Waals surface area contributed by atoms with Gasteiger partial charge in [-0.3, -0.25) is 0 Å². The number of hydrogen-bond donors (Lipinski definition) is 0. The number of halogens is 3. The molecule has 62 heavy (non-hydrogen) atoms. The van der Waals surface area contributed by atoms with Crippen LogP contribution in [0.4, 0.5) is 24.5 Å². The second-order valence-electron chi connectivity index (χ2n) is 15.0. The third-order valence-corrected chi connectivity index (χ3v) is 11.0. The molecule has 0 amide bonds. The van der Waals surface area contributed by atoms with Gasteiger partial charge in [0, 0.05) is 32.7 Å². The minimum Gasteiger partial charge on any atom is -0.308 e. The Balaban J connectivity index is 1.39. The van der Waals surface area contributed by atoms with Crippen molar-refractivity contribution in [3.63, 3.8) is 0 Å². The van der Waals surface area contributed by atoms with E-state index in [1.807, 2.05) is 108 Å². The van der Waals surface area contributed by atoms with Crippen molar-refractivity contribution < 1.29 is 13.2 Å². The smallest absolute Gasteiger partial charge is 0.308 e. The standard InChI is InChI=1S/C49H31F3N10/c1-26-55-27(2)58-47(57-26)30-18-20-34-32-12-7-9-16-40(32)61(42(34)22-30)44-24-36(46-37(49(50,51)52)14-11-15-38(46)53-5)39(54-6)25-45(44)62-41-17-10-8-13-33(41)35-21-19-31(23-43(35)62)48-59-28(3)56-29(4)60-48/h7-25H,1-4H3. The van der Waals surface area contributed by atoms with Crippen LogP contribution in [0.25, 0.3) is 98.6 Å². The normalized spacial score (nSPS) is 11.8. The molecule has 298 valence electrons. The number of hydrogen-bond acceptors (Lipinski definition) is 6.